The summed E-state index contributed by atoms with van der Waals surface area (Å²) in [6.07, 6.45) is 0. The summed E-state index contributed by atoms with van der Waals surface area (Å²) in [6, 6.07) is 70.2. The van der Waals surface area contributed by atoms with Crippen molar-refractivity contribution in [3.05, 3.63) is 200 Å². The van der Waals surface area contributed by atoms with Crippen LogP contribution in [0.1, 0.15) is 0 Å². The average molecular weight is 752 g/mol. The Bertz CT molecular complexity index is 3520. The first-order valence-corrected chi connectivity index (χ1v) is 19.9. The summed E-state index contributed by atoms with van der Waals surface area (Å²) < 4.78 is 6.76. The normalized spacial score (nSPS) is 11.7. The van der Waals surface area contributed by atoms with Crippen molar-refractivity contribution in [3.63, 3.8) is 0 Å². The summed E-state index contributed by atoms with van der Waals surface area (Å²) in [6.45, 7) is 0. The van der Waals surface area contributed by atoms with Gasteiger partial charge < -0.3 is 4.42 Å². The number of aromatic nitrogens is 3. The fourth-order valence-electron chi connectivity index (χ4n) is 8.84. The average Bonchev–Trinajstić information content (AvgIpc) is 3.72. The van der Waals surface area contributed by atoms with Crippen LogP contribution in [0.4, 0.5) is 0 Å². The SMILES string of the molecule is c1ccc(-c2cc(-c3cccc(-c4ccc5nc(-c6ccc7c8ccccc8c8ccccc8c7c6)c6oc7ccccc7c6c5c4)c3)nc(-c3ccccc3)n2)cc1. The van der Waals surface area contributed by atoms with Gasteiger partial charge in [0.1, 0.15) is 11.3 Å². The molecule has 0 aliphatic rings. The molecule has 0 radical (unpaired) electrons. The summed E-state index contributed by atoms with van der Waals surface area (Å²) in [7, 11) is 0. The van der Waals surface area contributed by atoms with Crippen molar-refractivity contribution in [2.75, 3.05) is 0 Å². The second kappa shape index (κ2) is 13.3. The zero-order valence-electron chi connectivity index (χ0n) is 31.8. The molecule has 0 saturated heterocycles. The molecule has 0 aliphatic heterocycles. The number of fused-ring (bicyclic) bond motifs is 11. The Morgan fingerprint density at radius 1 is 0.305 bits per heavy atom. The number of nitrogens with zero attached hydrogens (tertiary/aromatic N) is 3. The second-order valence-corrected chi connectivity index (χ2v) is 15.1. The standard InChI is InChI=1S/C55H33N3O/c1-3-14-34(15-4-1)49-33-50(58-55(57-49)35-16-5-2-6-17-35)38-19-13-18-36(30-38)37-27-29-48-47(31-37)52-45-24-11-12-25-51(45)59-54(52)53(56-48)39-26-28-44-42-22-8-7-20-40(42)41-21-9-10-23-43(41)46(44)32-39/h1-33H. The molecule has 59 heavy (non-hydrogen) atoms. The lowest BCUT2D eigenvalue weighted by Crippen LogP contribution is -1.96. The highest BCUT2D eigenvalue weighted by Gasteiger charge is 2.20. The van der Waals surface area contributed by atoms with E-state index < -0.39 is 0 Å². The van der Waals surface area contributed by atoms with Crippen molar-refractivity contribution in [2.45, 2.75) is 0 Å². The van der Waals surface area contributed by atoms with Gasteiger partial charge in [-0.15, -0.1) is 0 Å². The van der Waals surface area contributed by atoms with Gasteiger partial charge in [-0.2, -0.15) is 0 Å². The highest BCUT2D eigenvalue weighted by molar-refractivity contribution is 6.26. The highest BCUT2D eigenvalue weighted by Crippen LogP contribution is 2.43. The zero-order chi connectivity index (χ0) is 38.9. The minimum absolute atomic E-state index is 0.696. The van der Waals surface area contributed by atoms with Crippen LogP contribution in [0.15, 0.2) is 205 Å². The second-order valence-electron chi connectivity index (χ2n) is 15.1. The molecule has 12 aromatic rings. The molecule has 9 aromatic carbocycles. The molecule has 0 bridgehead atoms. The van der Waals surface area contributed by atoms with Gasteiger partial charge in [0.15, 0.2) is 11.4 Å². The molecule has 0 unspecified atom stereocenters. The van der Waals surface area contributed by atoms with Crippen LogP contribution in [0.3, 0.4) is 0 Å². The molecule has 274 valence electrons. The number of rotatable bonds is 5. The van der Waals surface area contributed by atoms with Gasteiger partial charge in [0.05, 0.1) is 16.9 Å². The van der Waals surface area contributed by atoms with Gasteiger partial charge in [0.25, 0.3) is 0 Å². The van der Waals surface area contributed by atoms with Crippen molar-refractivity contribution >= 4 is 65.2 Å². The largest absolute Gasteiger partial charge is 0.454 e. The van der Waals surface area contributed by atoms with Gasteiger partial charge in [0, 0.05) is 38.4 Å². The maximum atomic E-state index is 6.76. The molecular weight excluding hydrogens is 719 g/mol. The van der Waals surface area contributed by atoms with Crippen LogP contribution in [0.2, 0.25) is 0 Å². The molecule has 3 heterocycles. The molecule has 12 rings (SSSR count). The van der Waals surface area contributed by atoms with Crippen LogP contribution in [-0.4, -0.2) is 15.0 Å². The Kier molecular flexibility index (Phi) is 7.50. The lowest BCUT2D eigenvalue weighted by Gasteiger charge is -2.13. The van der Waals surface area contributed by atoms with E-state index in [1.165, 1.54) is 32.3 Å². The molecule has 0 spiro atoms. The lowest BCUT2D eigenvalue weighted by molar-refractivity contribution is 0.669. The van der Waals surface area contributed by atoms with Crippen molar-refractivity contribution in [1.29, 1.82) is 0 Å². The minimum Gasteiger partial charge on any atom is -0.454 e. The van der Waals surface area contributed by atoms with Crippen LogP contribution < -0.4 is 0 Å². The van der Waals surface area contributed by atoms with Crippen LogP contribution >= 0.6 is 0 Å². The number of benzene rings is 9. The Morgan fingerprint density at radius 2 is 0.831 bits per heavy atom. The van der Waals surface area contributed by atoms with Gasteiger partial charge in [-0.05, 0) is 79.8 Å². The number of hydrogen-bond donors (Lipinski definition) is 0. The summed E-state index contributed by atoms with van der Waals surface area (Å²) in [5.74, 6) is 0.696. The van der Waals surface area contributed by atoms with Gasteiger partial charge in [-0.1, -0.05) is 164 Å². The van der Waals surface area contributed by atoms with E-state index in [-0.39, 0.29) is 0 Å². The summed E-state index contributed by atoms with van der Waals surface area (Å²) in [4.78, 5) is 15.5. The number of furan rings is 1. The Hall–Kier alpha value is -7.95. The van der Waals surface area contributed by atoms with Gasteiger partial charge >= 0.3 is 0 Å². The molecule has 4 nitrogen and oxygen atoms in total. The molecule has 0 amide bonds. The zero-order valence-corrected chi connectivity index (χ0v) is 31.8. The van der Waals surface area contributed by atoms with E-state index in [0.29, 0.717) is 5.82 Å². The van der Waals surface area contributed by atoms with Crippen molar-refractivity contribution in [2.24, 2.45) is 0 Å². The van der Waals surface area contributed by atoms with Gasteiger partial charge in [-0.25, -0.2) is 15.0 Å². The predicted octanol–water partition coefficient (Wildman–Crippen LogP) is 14.7. The van der Waals surface area contributed by atoms with Crippen molar-refractivity contribution in [3.8, 4) is 56.3 Å². The Morgan fingerprint density at radius 3 is 1.56 bits per heavy atom. The molecule has 0 saturated carbocycles. The van der Waals surface area contributed by atoms with E-state index in [1.54, 1.807) is 0 Å². The van der Waals surface area contributed by atoms with Crippen molar-refractivity contribution < 1.29 is 4.42 Å². The molecule has 0 N–H and O–H groups in total. The maximum Gasteiger partial charge on any atom is 0.162 e. The van der Waals surface area contributed by atoms with E-state index in [9.17, 15) is 0 Å². The lowest BCUT2D eigenvalue weighted by atomic mass is 9.92. The molecule has 4 heteroatoms. The number of hydrogen-bond acceptors (Lipinski definition) is 4. The summed E-state index contributed by atoms with van der Waals surface area (Å²) in [5, 5.41) is 10.6. The Labute approximate surface area is 339 Å². The molecular formula is C55H33N3O. The predicted molar refractivity (Wildman–Crippen MR) is 244 cm³/mol. The third-order valence-corrected chi connectivity index (χ3v) is 11.6. The third kappa shape index (κ3) is 5.49. The highest BCUT2D eigenvalue weighted by atomic mass is 16.3. The van der Waals surface area contributed by atoms with Crippen LogP contribution in [0.25, 0.3) is 121 Å². The maximum absolute atomic E-state index is 6.76. The Balaban J connectivity index is 1.03. The monoisotopic (exact) mass is 751 g/mol. The van der Waals surface area contributed by atoms with Gasteiger partial charge in [-0.3, -0.25) is 0 Å². The van der Waals surface area contributed by atoms with E-state index in [0.717, 1.165) is 83.3 Å². The molecule has 3 aromatic heterocycles. The van der Waals surface area contributed by atoms with E-state index in [4.69, 9.17) is 19.4 Å². The molecule has 0 fully saturated rings. The van der Waals surface area contributed by atoms with E-state index in [1.807, 2.05) is 48.5 Å². The van der Waals surface area contributed by atoms with Gasteiger partial charge in [0.2, 0.25) is 0 Å². The van der Waals surface area contributed by atoms with Crippen LogP contribution in [-0.2, 0) is 0 Å². The fourth-order valence-corrected chi connectivity index (χ4v) is 8.84. The fraction of sp³-hybridized carbons (Fsp3) is 0. The first kappa shape index (κ1) is 33.2. The quantitative estimate of drug-likeness (QED) is 0.164. The summed E-state index contributed by atoms with van der Waals surface area (Å²) >= 11 is 0. The van der Waals surface area contributed by atoms with E-state index in [2.05, 4.69) is 152 Å². The topological polar surface area (TPSA) is 51.8 Å². The molecule has 0 atom stereocenters. The smallest absolute Gasteiger partial charge is 0.162 e. The number of para-hydroxylation sites is 1. The summed E-state index contributed by atoms with van der Waals surface area (Å²) in [5.41, 5.74) is 11.4. The van der Waals surface area contributed by atoms with Crippen molar-refractivity contribution in [1.82, 2.24) is 15.0 Å². The molecule has 0 aliphatic carbocycles. The van der Waals surface area contributed by atoms with Crippen LogP contribution in [0, 0.1) is 0 Å². The van der Waals surface area contributed by atoms with E-state index >= 15 is 0 Å². The first-order chi connectivity index (χ1) is 29.2. The number of pyridine rings is 1. The first-order valence-electron chi connectivity index (χ1n) is 19.9. The third-order valence-electron chi connectivity index (χ3n) is 11.6. The minimum atomic E-state index is 0.696. The van der Waals surface area contributed by atoms with Crippen LogP contribution in [0.5, 0.6) is 0 Å².